The van der Waals surface area contributed by atoms with Crippen molar-refractivity contribution in [3.8, 4) is 0 Å². The summed E-state index contributed by atoms with van der Waals surface area (Å²) in [4.78, 5) is 10.7. The molecule has 24 heavy (non-hydrogen) atoms. The van der Waals surface area contributed by atoms with Crippen LogP contribution in [-0.4, -0.2) is 6.41 Å². The molecule has 0 bridgehead atoms. The lowest BCUT2D eigenvalue weighted by Crippen LogP contribution is -2.21. The summed E-state index contributed by atoms with van der Waals surface area (Å²) in [6, 6.07) is 7.20. The topological polar surface area (TPSA) is 29.1 Å². The molecule has 1 amide bonds. The van der Waals surface area contributed by atoms with Gasteiger partial charge in [-0.15, -0.1) is 0 Å². The highest BCUT2D eigenvalue weighted by atomic mass is 19.4. The Morgan fingerprint density at radius 3 is 1.29 bits per heavy atom. The molecule has 8 heteroatoms. The highest BCUT2D eigenvalue weighted by molar-refractivity contribution is 5.50. The van der Waals surface area contributed by atoms with Gasteiger partial charge in [-0.2, -0.15) is 26.3 Å². The van der Waals surface area contributed by atoms with Gasteiger partial charge < -0.3 is 5.32 Å². The van der Waals surface area contributed by atoms with Gasteiger partial charge in [-0.1, -0.05) is 24.3 Å². The number of hydrogen-bond acceptors (Lipinski definition) is 1. The van der Waals surface area contributed by atoms with Crippen molar-refractivity contribution in [2.24, 2.45) is 0 Å². The lowest BCUT2D eigenvalue weighted by Gasteiger charge is -2.18. The predicted octanol–water partition coefficient (Wildman–Crippen LogP) is 4.56. The van der Waals surface area contributed by atoms with Crippen molar-refractivity contribution in [1.29, 1.82) is 0 Å². The SMILES string of the molecule is O=CNC(c1ccc(C(F)(F)F)cc1)c1ccc(C(F)(F)F)cc1. The molecule has 2 aromatic rings. The Kier molecular flexibility index (Phi) is 4.86. The largest absolute Gasteiger partial charge is 0.416 e. The summed E-state index contributed by atoms with van der Waals surface area (Å²) in [7, 11) is 0. The van der Waals surface area contributed by atoms with Crippen LogP contribution in [0.3, 0.4) is 0 Å². The van der Waals surface area contributed by atoms with E-state index in [1.165, 1.54) is 24.3 Å². The van der Waals surface area contributed by atoms with Gasteiger partial charge in [-0.05, 0) is 35.4 Å². The summed E-state index contributed by atoms with van der Waals surface area (Å²) in [6.07, 6.45) is -8.67. The second-order valence-electron chi connectivity index (χ2n) is 4.96. The molecule has 0 fully saturated rings. The van der Waals surface area contributed by atoms with Gasteiger partial charge in [0.1, 0.15) is 0 Å². The molecule has 0 saturated carbocycles. The molecule has 0 atom stereocenters. The average molecular weight is 347 g/mol. The lowest BCUT2D eigenvalue weighted by atomic mass is 9.97. The molecule has 0 saturated heterocycles. The first kappa shape index (κ1) is 17.8. The van der Waals surface area contributed by atoms with Gasteiger partial charge in [-0.3, -0.25) is 4.79 Å². The van der Waals surface area contributed by atoms with Crippen LogP contribution in [0.1, 0.15) is 28.3 Å². The number of alkyl halides is 6. The van der Waals surface area contributed by atoms with Crippen LogP contribution < -0.4 is 5.32 Å². The molecule has 0 aliphatic carbocycles. The Bertz CT molecular complexity index is 631. The molecular formula is C16H11F6NO. The van der Waals surface area contributed by atoms with E-state index in [0.29, 0.717) is 17.5 Å². The summed E-state index contributed by atoms with van der Waals surface area (Å²) < 4.78 is 75.4. The highest BCUT2D eigenvalue weighted by Gasteiger charge is 2.31. The smallest absolute Gasteiger partial charge is 0.348 e. The molecule has 0 unspecified atom stereocenters. The molecule has 0 radical (unpaired) electrons. The van der Waals surface area contributed by atoms with Crippen molar-refractivity contribution >= 4 is 6.41 Å². The van der Waals surface area contributed by atoms with Crippen LogP contribution in [0.2, 0.25) is 0 Å². The first-order valence-corrected chi connectivity index (χ1v) is 6.67. The number of hydrogen-bond donors (Lipinski definition) is 1. The molecule has 2 rings (SSSR count). The minimum atomic E-state index is -4.50. The van der Waals surface area contributed by atoms with Crippen LogP contribution in [0.25, 0.3) is 0 Å². The Morgan fingerprint density at radius 2 is 1.04 bits per heavy atom. The molecular weight excluding hydrogens is 336 g/mol. The third-order valence-corrected chi connectivity index (χ3v) is 3.38. The van der Waals surface area contributed by atoms with Crippen LogP contribution in [0.15, 0.2) is 48.5 Å². The number of carbonyl (C=O) groups excluding carboxylic acids is 1. The van der Waals surface area contributed by atoms with Crippen molar-refractivity contribution in [2.45, 2.75) is 18.4 Å². The molecule has 0 aliphatic heterocycles. The zero-order valence-corrected chi connectivity index (χ0v) is 11.9. The molecule has 1 N–H and O–H groups in total. The summed E-state index contributed by atoms with van der Waals surface area (Å²) in [5.74, 6) is 0. The van der Waals surface area contributed by atoms with Crippen molar-refractivity contribution in [3.05, 3.63) is 70.8 Å². The van der Waals surface area contributed by atoms with Crippen LogP contribution in [-0.2, 0) is 17.1 Å². The van der Waals surface area contributed by atoms with E-state index in [4.69, 9.17) is 0 Å². The summed E-state index contributed by atoms with van der Waals surface area (Å²) in [6.45, 7) is 0. The fourth-order valence-electron chi connectivity index (χ4n) is 2.18. The Balaban J connectivity index is 2.34. The molecule has 0 heterocycles. The number of rotatable bonds is 4. The lowest BCUT2D eigenvalue weighted by molar-refractivity contribution is -0.138. The molecule has 2 aromatic carbocycles. The minimum absolute atomic E-state index is 0.315. The predicted molar refractivity (Wildman–Crippen MR) is 73.9 cm³/mol. The van der Waals surface area contributed by atoms with Gasteiger partial charge in [0.15, 0.2) is 0 Å². The third kappa shape index (κ3) is 4.06. The third-order valence-electron chi connectivity index (χ3n) is 3.38. The van der Waals surface area contributed by atoms with Gasteiger partial charge in [0.25, 0.3) is 0 Å². The van der Waals surface area contributed by atoms with E-state index in [-0.39, 0.29) is 0 Å². The quantitative estimate of drug-likeness (QED) is 0.638. The van der Waals surface area contributed by atoms with Crippen molar-refractivity contribution in [2.75, 3.05) is 0 Å². The van der Waals surface area contributed by atoms with Crippen LogP contribution in [0.5, 0.6) is 0 Å². The average Bonchev–Trinajstić information content (AvgIpc) is 2.51. The Labute approximate surface area is 133 Å². The van der Waals surface area contributed by atoms with Crippen LogP contribution in [0.4, 0.5) is 26.3 Å². The minimum Gasteiger partial charge on any atom is -0.348 e. The Morgan fingerprint density at radius 1 is 0.708 bits per heavy atom. The number of nitrogens with one attached hydrogen (secondary N) is 1. The van der Waals surface area contributed by atoms with E-state index >= 15 is 0 Å². The zero-order valence-electron chi connectivity index (χ0n) is 11.9. The molecule has 0 aliphatic rings. The van der Waals surface area contributed by atoms with E-state index in [2.05, 4.69) is 5.32 Å². The standard InChI is InChI=1S/C16H11F6NO/c17-15(18,19)12-5-1-10(2-6-12)14(23-9-24)11-3-7-13(8-4-11)16(20,21)22/h1-9,14H,(H,23,24). The maximum absolute atomic E-state index is 12.6. The maximum Gasteiger partial charge on any atom is 0.416 e. The van der Waals surface area contributed by atoms with Gasteiger partial charge in [0.2, 0.25) is 6.41 Å². The zero-order chi connectivity index (χ0) is 18.0. The maximum atomic E-state index is 12.6. The van der Waals surface area contributed by atoms with E-state index < -0.39 is 29.5 Å². The molecule has 0 spiro atoms. The fraction of sp³-hybridized carbons (Fsp3) is 0.188. The van der Waals surface area contributed by atoms with E-state index in [0.717, 1.165) is 24.3 Å². The van der Waals surface area contributed by atoms with E-state index in [1.54, 1.807) is 0 Å². The van der Waals surface area contributed by atoms with E-state index in [9.17, 15) is 31.1 Å². The summed E-state index contributed by atoms with van der Waals surface area (Å²) >= 11 is 0. The first-order valence-electron chi connectivity index (χ1n) is 6.67. The van der Waals surface area contributed by atoms with Crippen molar-refractivity contribution in [3.63, 3.8) is 0 Å². The van der Waals surface area contributed by atoms with Gasteiger partial charge in [0.05, 0.1) is 17.2 Å². The number of benzene rings is 2. The number of amides is 1. The monoisotopic (exact) mass is 347 g/mol. The molecule has 2 nitrogen and oxygen atoms in total. The van der Waals surface area contributed by atoms with Crippen LogP contribution in [0, 0.1) is 0 Å². The number of halogens is 6. The van der Waals surface area contributed by atoms with Crippen molar-refractivity contribution < 1.29 is 31.1 Å². The number of carbonyl (C=O) groups is 1. The fourth-order valence-corrected chi connectivity index (χ4v) is 2.18. The second kappa shape index (κ2) is 6.54. The van der Waals surface area contributed by atoms with Crippen LogP contribution >= 0.6 is 0 Å². The Hall–Kier alpha value is -2.51. The summed E-state index contributed by atoms with van der Waals surface area (Å²) in [5, 5.41) is 2.39. The molecule has 0 aromatic heterocycles. The van der Waals surface area contributed by atoms with E-state index in [1.807, 2.05) is 0 Å². The van der Waals surface area contributed by atoms with Gasteiger partial charge in [0, 0.05) is 0 Å². The normalized spacial score (nSPS) is 12.3. The second-order valence-corrected chi connectivity index (χ2v) is 4.96. The highest BCUT2D eigenvalue weighted by Crippen LogP contribution is 2.33. The van der Waals surface area contributed by atoms with Gasteiger partial charge in [-0.25, -0.2) is 0 Å². The first-order chi connectivity index (χ1) is 11.1. The van der Waals surface area contributed by atoms with Gasteiger partial charge >= 0.3 is 12.4 Å². The summed E-state index contributed by atoms with van der Waals surface area (Å²) in [5.41, 5.74) is -1.09. The van der Waals surface area contributed by atoms with Crippen molar-refractivity contribution in [1.82, 2.24) is 5.32 Å². The molecule has 128 valence electrons.